The van der Waals surface area contributed by atoms with E-state index in [1.165, 1.54) is 0 Å². The molecule has 2 atom stereocenters. The number of benzene rings is 1. The van der Waals surface area contributed by atoms with Gasteiger partial charge < -0.3 is 0 Å². The molecule has 2 bridgehead atoms. The first kappa shape index (κ1) is 12.9. The van der Waals surface area contributed by atoms with E-state index in [0.29, 0.717) is 11.7 Å². The van der Waals surface area contributed by atoms with Gasteiger partial charge in [-0.25, -0.2) is 0 Å². The fraction of sp³-hybridized carbons (Fsp3) is 0.471. The summed E-state index contributed by atoms with van der Waals surface area (Å²) >= 11 is 6.01. The molecule has 2 fully saturated rings. The van der Waals surface area contributed by atoms with Gasteiger partial charge in [-0.05, 0) is 53.5 Å². The van der Waals surface area contributed by atoms with Crippen molar-refractivity contribution in [2.75, 3.05) is 0 Å². The molecule has 2 aliphatic rings. The average molecular weight is 275 g/mol. The van der Waals surface area contributed by atoms with Crippen molar-refractivity contribution in [1.29, 1.82) is 0 Å². The summed E-state index contributed by atoms with van der Waals surface area (Å²) in [5, 5.41) is 0.718. The van der Waals surface area contributed by atoms with E-state index in [-0.39, 0.29) is 10.8 Å². The zero-order valence-electron chi connectivity index (χ0n) is 11.7. The molecule has 0 amide bonds. The maximum atomic E-state index is 12.7. The Bertz CT molecular complexity index is 585. The van der Waals surface area contributed by atoms with Crippen LogP contribution in [0, 0.1) is 16.7 Å². The van der Waals surface area contributed by atoms with Crippen LogP contribution in [0.4, 0.5) is 0 Å². The summed E-state index contributed by atoms with van der Waals surface area (Å²) in [7, 11) is 0. The molecule has 0 aromatic heterocycles. The Kier molecular flexibility index (Phi) is 2.69. The average Bonchev–Trinajstić information content (AvgIpc) is 2.64. The minimum Gasteiger partial charge on any atom is -0.294 e. The fourth-order valence-electron chi connectivity index (χ4n) is 3.87. The highest BCUT2D eigenvalue weighted by Crippen LogP contribution is 2.65. The van der Waals surface area contributed by atoms with Crippen LogP contribution in [0.15, 0.2) is 29.8 Å². The molecule has 0 aliphatic heterocycles. The zero-order chi connectivity index (χ0) is 13.8. The number of allylic oxidation sites excluding steroid dienone is 1. The second-order valence-corrected chi connectivity index (χ2v) is 7.07. The number of rotatable bonds is 1. The Balaban J connectivity index is 2.06. The monoisotopic (exact) mass is 274 g/mol. The lowest BCUT2D eigenvalue weighted by Gasteiger charge is -2.31. The molecule has 0 N–H and O–H groups in total. The van der Waals surface area contributed by atoms with Crippen LogP contribution in [0.5, 0.6) is 0 Å². The topological polar surface area (TPSA) is 17.1 Å². The van der Waals surface area contributed by atoms with Crippen LogP contribution in [-0.4, -0.2) is 5.78 Å². The van der Waals surface area contributed by atoms with Gasteiger partial charge in [0.1, 0.15) is 0 Å². The molecule has 2 unspecified atom stereocenters. The van der Waals surface area contributed by atoms with Crippen LogP contribution in [-0.2, 0) is 4.79 Å². The number of halogens is 1. The number of carbonyl (C=O) groups excluding carboxylic acids is 1. The van der Waals surface area contributed by atoms with Crippen molar-refractivity contribution in [3.63, 3.8) is 0 Å². The summed E-state index contributed by atoms with van der Waals surface area (Å²) in [6, 6.07) is 7.72. The normalized spacial score (nSPS) is 34.2. The molecule has 0 saturated heterocycles. The van der Waals surface area contributed by atoms with Crippen molar-refractivity contribution in [2.45, 2.75) is 33.6 Å². The number of carbonyl (C=O) groups is 1. The van der Waals surface area contributed by atoms with E-state index in [1.54, 1.807) is 0 Å². The van der Waals surface area contributed by atoms with Gasteiger partial charge in [0.15, 0.2) is 5.78 Å². The number of hydrogen-bond donors (Lipinski definition) is 0. The maximum absolute atomic E-state index is 12.7. The number of hydrogen-bond acceptors (Lipinski definition) is 1. The Labute approximate surface area is 119 Å². The van der Waals surface area contributed by atoms with E-state index < -0.39 is 0 Å². The number of ketones is 1. The highest BCUT2D eigenvalue weighted by molar-refractivity contribution is 6.30. The lowest BCUT2D eigenvalue weighted by Crippen LogP contribution is -2.32. The highest BCUT2D eigenvalue weighted by atomic mass is 35.5. The molecule has 2 heteroatoms. The van der Waals surface area contributed by atoms with E-state index in [9.17, 15) is 4.79 Å². The minimum absolute atomic E-state index is 0.0779. The van der Waals surface area contributed by atoms with E-state index in [4.69, 9.17) is 11.6 Å². The number of fused-ring (bicyclic) bond motifs is 2. The Morgan fingerprint density at radius 3 is 2.63 bits per heavy atom. The number of Topliss-reactive ketones (excluding diaryl/α,β-unsaturated/α-hetero) is 1. The first-order valence-electron chi connectivity index (χ1n) is 6.88. The maximum Gasteiger partial charge on any atom is 0.165 e. The van der Waals surface area contributed by atoms with Gasteiger partial charge in [0.25, 0.3) is 0 Å². The van der Waals surface area contributed by atoms with Crippen LogP contribution >= 0.6 is 11.6 Å². The van der Waals surface area contributed by atoms with Crippen LogP contribution in [0.3, 0.4) is 0 Å². The van der Waals surface area contributed by atoms with E-state index in [0.717, 1.165) is 29.0 Å². The highest BCUT2D eigenvalue weighted by Gasteiger charge is 2.63. The van der Waals surface area contributed by atoms with Gasteiger partial charge in [-0.3, -0.25) is 4.79 Å². The van der Waals surface area contributed by atoms with Crippen molar-refractivity contribution < 1.29 is 4.79 Å². The van der Waals surface area contributed by atoms with Crippen molar-refractivity contribution in [2.24, 2.45) is 16.7 Å². The second-order valence-electron chi connectivity index (χ2n) is 6.63. The van der Waals surface area contributed by atoms with Crippen molar-refractivity contribution >= 4 is 23.5 Å². The SMILES string of the molecule is CC12CCC(/C(=C/c3cccc(Cl)c3)C1=O)C2(C)C. The Hall–Kier alpha value is -1.08. The van der Waals surface area contributed by atoms with Gasteiger partial charge in [0.2, 0.25) is 0 Å². The first-order chi connectivity index (χ1) is 8.86. The Morgan fingerprint density at radius 2 is 2.05 bits per heavy atom. The molecule has 1 nitrogen and oxygen atoms in total. The predicted octanol–water partition coefficient (Wildman–Crippen LogP) is 4.75. The molecule has 1 aromatic rings. The molecular weight excluding hydrogens is 256 g/mol. The molecule has 100 valence electrons. The quantitative estimate of drug-likeness (QED) is 0.676. The lowest BCUT2D eigenvalue weighted by molar-refractivity contribution is -0.125. The Morgan fingerprint density at radius 1 is 1.32 bits per heavy atom. The van der Waals surface area contributed by atoms with E-state index in [1.807, 2.05) is 30.3 Å². The standard InChI is InChI=1S/C17H19ClO/c1-16(2)14-7-8-17(16,3)15(19)13(14)10-11-5-4-6-12(18)9-11/h4-6,9-10,14H,7-8H2,1-3H3/b13-10-. The van der Waals surface area contributed by atoms with Crippen LogP contribution in [0.25, 0.3) is 6.08 Å². The van der Waals surface area contributed by atoms with Crippen LogP contribution in [0.1, 0.15) is 39.2 Å². The minimum atomic E-state index is -0.178. The van der Waals surface area contributed by atoms with Crippen molar-refractivity contribution in [3.05, 3.63) is 40.4 Å². The van der Waals surface area contributed by atoms with Gasteiger partial charge in [0.05, 0.1) is 0 Å². The summed E-state index contributed by atoms with van der Waals surface area (Å²) in [6.07, 6.45) is 4.20. The summed E-state index contributed by atoms with van der Waals surface area (Å²) in [4.78, 5) is 12.7. The van der Waals surface area contributed by atoms with Crippen LogP contribution in [0.2, 0.25) is 5.02 Å². The van der Waals surface area contributed by atoms with Crippen molar-refractivity contribution in [1.82, 2.24) is 0 Å². The zero-order valence-corrected chi connectivity index (χ0v) is 12.4. The molecular formula is C17H19ClO. The summed E-state index contributed by atoms with van der Waals surface area (Å²) in [6.45, 7) is 6.61. The summed E-state index contributed by atoms with van der Waals surface area (Å²) < 4.78 is 0. The van der Waals surface area contributed by atoms with E-state index >= 15 is 0 Å². The van der Waals surface area contributed by atoms with Gasteiger partial charge >= 0.3 is 0 Å². The third-order valence-corrected chi connectivity index (χ3v) is 5.77. The fourth-order valence-corrected chi connectivity index (χ4v) is 4.07. The molecule has 19 heavy (non-hydrogen) atoms. The molecule has 0 radical (unpaired) electrons. The predicted molar refractivity (Wildman–Crippen MR) is 79.0 cm³/mol. The first-order valence-corrected chi connectivity index (χ1v) is 7.26. The van der Waals surface area contributed by atoms with Crippen molar-refractivity contribution in [3.8, 4) is 0 Å². The molecule has 0 spiro atoms. The van der Waals surface area contributed by atoms with Gasteiger partial charge in [0, 0.05) is 10.4 Å². The van der Waals surface area contributed by atoms with E-state index in [2.05, 4.69) is 20.8 Å². The molecule has 2 saturated carbocycles. The van der Waals surface area contributed by atoms with Gasteiger partial charge in [-0.2, -0.15) is 0 Å². The molecule has 2 aliphatic carbocycles. The molecule has 0 heterocycles. The third-order valence-electron chi connectivity index (χ3n) is 5.54. The van der Waals surface area contributed by atoms with Gasteiger partial charge in [-0.15, -0.1) is 0 Å². The lowest BCUT2D eigenvalue weighted by atomic mass is 9.70. The summed E-state index contributed by atoms with van der Waals surface area (Å²) in [5.41, 5.74) is 1.93. The molecule has 3 rings (SSSR count). The van der Waals surface area contributed by atoms with Gasteiger partial charge in [-0.1, -0.05) is 44.5 Å². The van der Waals surface area contributed by atoms with Crippen LogP contribution < -0.4 is 0 Å². The second kappa shape index (κ2) is 3.96. The summed E-state index contributed by atoms with van der Waals surface area (Å²) in [5.74, 6) is 0.734. The molecule has 1 aromatic carbocycles. The smallest absolute Gasteiger partial charge is 0.165 e. The third kappa shape index (κ3) is 1.64. The largest absolute Gasteiger partial charge is 0.294 e.